The summed E-state index contributed by atoms with van der Waals surface area (Å²) >= 11 is 0. The maximum absolute atomic E-state index is 13.5. The summed E-state index contributed by atoms with van der Waals surface area (Å²) < 4.78 is 0. The van der Waals surface area contributed by atoms with E-state index in [0.717, 1.165) is 5.57 Å². The average Bonchev–Trinajstić information content (AvgIpc) is 2.88. The number of benzene rings is 1. The van der Waals surface area contributed by atoms with Gasteiger partial charge in [-0.1, -0.05) is 30.4 Å². The van der Waals surface area contributed by atoms with Crippen molar-refractivity contribution in [1.29, 1.82) is 0 Å². The molecule has 0 radical (unpaired) electrons. The van der Waals surface area contributed by atoms with Crippen molar-refractivity contribution in [2.75, 3.05) is 35.2 Å². The smallest absolute Gasteiger partial charge is 0.334 e. The number of pyridine rings is 1. The number of hydrogen-bond acceptors (Lipinski definition) is 8. The topological polar surface area (TPSA) is 129 Å². The number of aromatic nitrogens is 3. The highest BCUT2D eigenvalue weighted by molar-refractivity contribution is 5.99. The van der Waals surface area contributed by atoms with Gasteiger partial charge in [0.1, 0.15) is 17.8 Å². The van der Waals surface area contributed by atoms with Crippen molar-refractivity contribution in [1.82, 2.24) is 19.9 Å². The summed E-state index contributed by atoms with van der Waals surface area (Å²) in [5, 5.41) is 16.9. The number of nitrogens with zero attached hydrogens (tertiary/aromatic N) is 6. The Morgan fingerprint density at radius 2 is 1.91 bits per heavy atom. The summed E-state index contributed by atoms with van der Waals surface area (Å²) in [6.45, 7) is 3.35. The molecule has 2 amide bonds. The Balaban J connectivity index is 1.45. The van der Waals surface area contributed by atoms with Crippen molar-refractivity contribution in [2.45, 2.75) is 6.92 Å². The van der Waals surface area contributed by atoms with Crippen molar-refractivity contribution in [3.8, 4) is 0 Å². The van der Waals surface area contributed by atoms with Crippen molar-refractivity contribution < 1.29 is 9.72 Å². The van der Waals surface area contributed by atoms with Gasteiger partial charge in [0, 0.05) is 44.2 Å². The lowest BCUT2D eigenvalue weighted by Crippen LogP contribution is -2.39. The zero-order chi connectivity index (χ0) is 24.6. The number of carbonyl (C=O) groups excluding carboxylic acids is 1. The normalized spacial score (nSPS) is 12.6. The minimum absolute atomic E-state index is 0.0670. The molecule has 35 heavy (non-hydrogen) atoms. The van der Waals surface area contributed by atoms with E-state index in [4.69, 9.17) is 0 Å². The Morgan fingerprint density at radius 3 is 2.63 bits per heavy atom. The van der Waals surface area contributed by atoms with Crippen LogP contribution in [0.25, 0.3) is 0 Å². The SMILES string of the molecule is CC1=CN(C(=O)N(c2ccccc2)c2ccnc(NCCNc3ccc([N+](=O)[O-])cn3)n2)CC=C1. The Hall–Kier alpha value is -4.80. The molecule has 0 saturated heterocycles. The van der Waals surface area contributed by atoms with Crippen molar-refractivity contribution in [3.63, 3.8) is 0 Å². The van der Waals surface area contributed by atoms with Gasteiger partial charge in [0.25, 0.3) is 5.69 Å². The van der Waals surface area contributed by atoms with Crippen LogP contribution in [0.5, 0.6) is 0 Å². The van der Waals surface area contributed by atoms with E-state index in [1.54, 1.807) is 28.1 Å². The molecule has 178 valence electrons. The molecule has 11 nitrogen and oxygen atoms in total. The van der Waals surface area contributed by atoms with Crippen LogP contribution >= 0.6 is 0 Å². The second-order valence-corrected chi connectivity index (χ2v) is 7.63. The number of hydrogen-bond donors (Lipinski definition) is 2. The third kappa shape index (κ3) is 5.96. The lowest BCUT2D eigenvalue weighted by Gasteiger charge is -2.29. The number of nitrogens with one attached hydrogen (secondary N) is 2. The number of rotatable bonds is 8. The summed E-state index contributed by atoms with van der Waals surface area (Å²) in [5.41, 5.74) is 1.61. The van der Waals surface area contributed by atoms with E-state index in [9.17, 15) is 14.9 Å². The average molecular weight is 473 g/mol. The molecule has 2 N–H and O–H groups in total. The Morgan fingerprint density at radius 1 is 1.11 bits per heavy atom. The van der Waals surface area contributed by atoms with Crippen molar-refractivity contribution in [2.24, 2.45) is 0 Å². The minimum atomic E-state index is -0.494. The van der Waals surface area contributed by atoms with Crippen LogP contribution in [0.3, 0.4) is 0 Å². The molecule has 1 aliphatic heterocycles. The molecule has 11 heteroatoms. The van der Waals surface area contributed by atoms with Crippen molar-refractivity contribution >= 4 is 35.0 Å². The van der Waals surface area contributed by atoms with Gasteiger partial charge in [-0.2, -0.15) is 4.98 Å². The first kappa shape index (κ1) is 23.4. The second-order valence-electron chi connectivity index (χ2n) is 7.63. The highest BCUT2D eigenvalue weighted by Crippen LogP contribution is 2.26. The summed E-state index contributed by atoms with van der Waals surface area (Å²) in [6, 6.07) is 13.7. The molecule has 0 unspecified atom stereocenters. The van der Waals surface area contributed by atoms with Crippen LogP contribution in [-0.4, -0.2) is 50.4 Å². The molecule has 0 spiro atoms. The van der Waals surface area contributed by atoms with Gasteiger partial charge >= 0.3 is 6.03 Å². The number of para-hydroxylation sites is 1. The first-order valence-corrected chi connectivity index (χ1v) is 10.9. The molecular formula is C24H24N8O3. The number of anilines is 4. The summed E-state index contributed by atoms with van der Waals surface area (Å²) in [6.07, 6.45) is 8.53. The number of nitro groups is 1. The second kappa shape index (κ2) is 10.9. The number of allylic oxidation sites excluding steroid dienone is 2. The fraction of sp³-hybridized carbons (Fsp3) is 0.167. The molecule has 0 bridgehead atoms. The van der Waals surface area contributed by atoms with Gasteiger partial charge in [-0.25, -0.2) is 19.7 Å². The standard InChI is InChI=1S/C24H24N8O3/c1-18-6-5-15-30(17-18)24(33)31(19-7-3-2-4-8-19)22-11-12-26-23(29-22)27-14-13-25-21-10-9-20(16-28-21)32(34)35/h2-12,16-17H,13-15H2,1H3,(H,25,28)(H,26,27,29). The highest BCUT2D eigenvalue weighted by atomic mass is 16.6. The van der Waals surface area contributed by atoms with Crippen LogP contribution in [-0.2, 0) is 0 Å². The summed E-state index contributed by atoms with van der Waals surface area (Å²) in [4.78, 5) is 39.7. The predicted molar refractivity (Wildman–Crippen MR) is 133 cm³/mol. The summed E-state index contributed by atoms with van der Waals surface area (Å²) in [7, 11) is 0. The van der Waals surface area contributed by atoms with E-state index in [1.807, 2.05) is 55.6 Å². The maximum atomic E-state index is 13.5. The van der Waals surface area contributed by atoms with Crippen molar-refractivity contribution in [3.05, 3.63) is 95.0 Å². The van der Waals surface area contributed by atoms with Crippen LogP contribution in [0.2, 0.25) is 0 Å². The van der Waals surface area contributed by atoms with Gasteiger partial charge in [0.2, 0.25) is 5.95 Å². The molecule has 3 heterocycles. The van der Waals surface area contributed by atoms with Crippen LogP contribution in [0, 0.1) is 10.1 Å². The monoisotopic (exact) mass is 472 g/mol. The zero-order valence-corrected chi connectivity index (χ0v) is 19.0. The Bertz CT molecular complexity index is 1250. The quantitative estimate of drug-likeness (QED) is 0.281. The fourth-order valence-electron chi connectivity index (χ4n) is 3.40. The largest absolute Gasteiger partial charge is 0.368 e. The fourth-order valence-corrected chi connectivity index (χ4v) is 3.40. The first-order valence-electron chi connectivity index (χ1n) is 10.9. The van der Waals surface area contributed by atoms with Gasteiger partial charge in [0.15, 0.2) is 0 Å². The minimum Gasteiger partial charge on any atom is -0.368 e. The third-order valence-electron chi connectivity index (χ3n) is 5.04. The van der Waals surface area contributed by atoms with E-state index >= 15 is 0 Å². The van der Waals surface area contributed by atoms with E-state index in [1.165, 1.54) is 12.3 Å². The van der Waals surface area contributed by atoms with Gasteiger partial charge in [0.05, 0.1) is 10.6 Å². The van der Waals surface area contributed by atoms with E-state index in [2.05, 4.69) is 25.6 Å². The maximum Gasteiger partial charge on any atom is 0.334 e. The zero-order valence-electron chi connectivity index (χ0n) is 19.0. The molecule has 1 aliphatic rings. The molecule has 0 atom stereocenters. The van der Waals surface area contributed by atoms with Crippen LogP contribution in [0.15, 0.2) is 84.8 Å². The molecular weight excluding hydrogens is 448 g/mol. The molecule has 4 rings (SSSR count). The first-order chi connectivity index (χ1) is 17.0. The molecule has 0 fully saturated rings. The van der Waals surface area contributed by atoms with Gasteiger partial charge in [-0.05, 0) is 30.7 Å². The van der Waals surface area contributed by atoms with Crippen LogP contribution in [0.1, 0.15) is 6.92 Å². The predicted octanol–water partition coefficient (Wildman–Crippen LogP) is 4.34. The third-order valence-corrected chi connectivity index (χ3v) is 5.04. The lowest BCUT2D eigenvalue weighted by atomic mass is 10.2. The van der Waals surface area contributed by atoms with E-state index in [0.29, 0.717) is 42.9 Å². The summed E-state index contributed by atoms with van der Waals surface area (Å²) in [5.74, 6) is 1.32. The van der Waals surface area contributed by atoms with E-state index < -0.39 is 4.92 Å². The van der Waals surface area contributed by atoms with Crippen LogP contribution in [0.4, 0.5) is 33.8 Å². The number of urea groups is 1. The molecule has 0 aliphatic carbocycles. The molecule has 3 aromatic rings. The molecule has 1 aromatic carbocycles. The molecule has 0 saturated carbocycles. The van der Waals surface area contributed by atoms with Gasteiger partial charge < -0.3 is 10.6 Å². The van der Waals surface area contributed by atoms with E-state index in [-0.39, 0.29) is 11.7 Å². The van der Waals surface area contributed by atoms with Gasteiger partial charge in [-0.15, -0.1) is 0 Å². The van der Waals surface area contributed by atoms with Gasteiger partial charge in [-0.3, -0.25) is 15.0 Å². The molecule has 2 aromatic heterocycles. The highest BCUT2D eigenvalue weighted by Gasteiger charge is 2.25. The Kier molecular flexibility index (Phi) is 7.26. The lowest BCUT2D eigenvalue weighted by molar-refractivity contribution is -0.385. The number of amides is 2. The Labute approximate surface area is 202 Å². The number of carbonyl (C=O) groups is 1. The van der Waals surface area contributed by atoms with Crippen LogP contribution < -0.4 is 15.5 Å².